The number of nitrogen functional groups attached to an aromatic ring is 1. The average molecular weight is 237 g/mol. The Morgan fingerprint density at radius 3 is 2.56 bits per heavy atom. The number of hydrogen-bond acceptors (Lipinski definition) is 3. The molecule has 16 heavy (non-hydrogen) atoms. The van der Waals surface area contributed by atoms with Gasteiger partial charge in [0.15, 0.2) is 0 Å². The minimum atomic E-state index is 0.475. The van der Waals surface area contributed by atoms with Crippen molar-refractivity contribution < 1.29 is 0 Å². The van der Waals surface area contributed by atoms with E-state index in [1.807, 2.05) is 37.2 Å². The van der Waals surface area contributed by atoms with Gasteiger partial charge in [0.25, 0.3) is 0 Å². The minimum absolute atomic E-state index is 0.475. The molecule has 3 N–H and O–H groups in total. The fourth-order valence-corrected chi connectivity index (χ4v) is 1.87. The van der Waals surface area contributed by atoms with E-state index in [0.717, 1.165) is 16.9 Å². The van der Waals surface area contributed by atoms with Gasteiger partial charge in [0.2, 0.25) is 0 Å². The third kappa shape index (κ3) is 1.97. The first-order valence-corrected chi connectivity index (χ1v) is 5.24. The Kier molecular flexibility index (Phi) is 2.75. The summed E-state index contributed by atoms with van der Waals surface area (Å²) in [5.74, 6) is 0.475. The van der Waals surface area contributed by atoms with Crippen LogP contribution in [0.2, 0.25) is 5.02 Å². The second-order valence-corrected chi connectivity index (χ2v) is 4.17. The van der Waals surface area contributed by atoms with Crippen LogP contribution in [0, 0.1) is 0 Å². The second-order valence-electron chi connectivity index (χ2n) is 3.77. The van der Waals surface area contributed by atoms with Crippen molar-refractivity contribution in [2.45, 2.75) is 0 Å². The van der Waals surface area contributed by atoms with Gasteiger partial charge in [-0.3, -0.25) is 5.10 Å². The van der Waals surface area contributed by atoms with Crippen LogP contribution in [0.3, 0.4) is 0 Å². The molecule has 2 aromatic rings. The Bertz CT molecular complexity index is 504. The summed E-state index contributed by atoms with van der Waals surface area (Å²) in [7, 11) is 3.91. The van der Waals surface area contributed by atoms with Gasteiger partial charge in [-0.15, -0.1) is 0 Å². The van der Waals surface area contributed by atoms with E-state index in [2.05, 4.69) is 10.2 Å². The molecule has 0 aliphatic carbocycles. The smallest absolute Gasteiger partial charge is 0.145 e. The predicted molar refractivity (Wildman–Crippen MR) is 67.8 cm³/mol. The van der Waals surface area contributed by atoms with Gasteiger partial charge in [-0.05, 0) is 12.1 Å². The minimum Gasteiger partial charge on any atom is -0.382 e. The fraction of sp³-hybridized carbons (Fsp3) is 0.182. The van der Waals surface area contributed by atoms with Crippen LogP contribution in [0.25, 0.3) is 11.3 Å². The summed E-state index contributed by atoms with van der Waals surface area (Å²) in [5, 5.41) is 7.43. The molecule has 0 aliphatic rings. The van der Waals surface area contributed by atoms with Crippen molar-refractivity contribution in [2.75, 3.05) is 24.7 Å². The SMILES string of the molecule is CN(C)c1ccc(-c2cc(N)n[nH]2)cc1Cl. The molecule has 1 aromatic heterocycles. The van der Waals surface area contributed by atoms with E-state index < -0.39 is 0 Å². The van der Waals surface area contributed by atoms with Crippen LogP contribution in [0.1, 0.15) is 0 Å². The van der Waals surface area contributed by atoms with Gasteiger partial charge in [0.1, 0.15) is 5.82 Å². The number of hydrogen-bond donors (Lipinski definition) is 2. The molecular formula is C11H13ClN4. The number of rotatable bonds is 2. The molecule has 0 atom stereocenters. The summed E-state index contributed by atoms with van der Waals surface area (Å²) in [6.07, 6.45) is 0. The molecule has 5 heteroatoms. The molecule has 0 radical (unpaired) electrons. The first kappa shape index (κ1) is 10.8. The standard InChI is InChI=1S/C11H13ClN4/c1-16(2)10-4-3-7(5-8(10)12)9-6-11(13)15-14-9/h3-6H,1-2H3,(H3,13,14,15). The highest BCUT2D eigenvalue weighted by molar-refractivity contribution is 6.33. The summed E-state index contributed by atoms with van der Waals surface area (Å²) in [6, 6.07) is 7.62. The van der Waals surface area contributed by atoms with Gasteiger partial charge >= 0.3 is 0 Å². The molecule has 0 bridgehead atoms. The zero-order chi connectivity index (χ0) is 11.7. The summed E-state index contributed by atoms with van der Waals surface area (Å²) in [5.41, 5.74) is 8.37. The number of nitrogens with one attached hydrogen (secondary N) is 1. The molecule has 2 rings (SSSR count). The maximum absolute atomic E-state index is 6.17. The lowest BCUT2D eigenvalue weighted by Crippen LogP contribution is -2.08. The van der Waals surface area contributed by atoms with E-state index in [9.17, 15) is 0 Å². The summed E-state index contributed by atoms with van der Waals surface area (Å²) in [6.45, 7) is 0. The van der Waals surface area contributed by atoms with Crippen LogP contribution < -0.4 is 10.6 Å². The molecule has 4 nitrogen and oxygen atoms in total. The normalized spacial score (nSPS) is 10.4. The van der Waals surface area contributed by atoms with Crippen molar-refractivity contribution in [3.8, 4) is 11.3 Å². The third-order valence-corrected chi connectivity index (χ3v) is 2.64. The maximum atomic E-state index is 6.17. The van der Waals surface area contributed by atoms with Gasteiger partial charge in [-0.2, -0.15) is 5.10 Å². The molecular weight excluding hydrogens is 224 g/mol. The number of aromatic amines is 1. The van der Waals surface area contributed by atoms with Crippen LogP contribution in [0.15, 0.2) is 24.3 Å². The lowest BCUT2D eigenvalue weighted by Gasteiger charge is -2.14. The van der Waals surface area contributed by atoms with Crippen LogP contribution in [-0.4, -0.2) is 24.3 Å². The maximum Gasteiger partial charge on any atom is 0.145 e. The first-order valence-electron chi connectivity index (χ1n) is 4.86. The largest absolute Gasteiger partial charge is 0.382 e. The van der Waals surface area contributed by atoms with Crippen molar-refractivity contribution in [2.24, 2.45) is 0 Å². The number of nitrogens with two attached hydrogens (primary N) is 1. The molecule has 0 amide bonds. The highest BCUT2D eigenvalue weighted by Gasteiger charge is 2.06. The van der Waals surface area contributed by atoms with Crippen molar-refractivity contribution in [3.63, 3.8) is 0 Å². The number of nitrogens with zero attached hydrogens (tertiary/aromatic N) is 2. The van der Waals surface area contributed by atoms with Crippen LogP contribution in [0.4, 0.5) is 11.5 Å². The molecule has 0 spiro atoms. The van der Waals surface area contributed by atoms with Crippen molar-refractivity contribution in [3.05, 3.63) is 29.3 Å². The zero-order valence-electron chi connectivity index (χ0n) is 9.16. The lowest BCUT2D eigenvalue weighted by atomic mass is 10.1. The molecule has 84 valence electrons. The van der Waals surface area contributed by atoms with Crippen molar-refractivity contribution in [1.82, 2.24) is 10.2 Å². The van der Waals surface area contributed by atoms with Crippen LogP contribution in [0.5, 0.6) is 0 Å². The number of anilines is 2. The Morgan fingerprint density at radius 1 is 1.31 bits per heavy atom. The van der Waals surface area contributed by atoms with E-state index in [-0.39, 0.29) is 0 Å². The van der Waals surface area contributed by atoms with Crippen LogP contribution in [-0.2, 0) is 0 Å². The molecule has 1 heterocycles. The number of halogens is 1. The highest BCUT2D eigenvalue weighted by atomic mass is 35.5. The Morgan fingerprint density at radius 2 is 2.06 bits per heavy atom. The first-order chi connectivity index (χ1) is 7.58. The topological polar surface area (TPSA) is 57.9 Å². The van der Waals surface area contributed by atoms with Crippen molar-refractivity contribution >= 4 is 23.1 Å². The second kappa shape index (κ2) is 4.06. The Hall–Kier alpha value is -1.68. The van der Waals surface area contributed by atoms with E-state index in [1.54, 1.807) is 6.07 Å². The van der Waals surface area contributed by atoms with E-state index in [4.69, 9.17) is 17.3 Å². The monoisotopic (exact) mass is 236 g/mol. The number of aromatic nitrogens is 2. The summed E-state index contributed by atoms with van der Waals surface area (Å²) >= 11 is 6.17. The molecule has 0 saturated carbocycles. The summed E-state index contributed by atoms with van der Waals surface area (Å²) in [4.78, 5) is 1.97. The van der Waals surface area contributed by atoms with E-state index in [1.165, 1.54) is 0 Å². The van der Waals surface area contributed by atoms with Gasteiger partial charge in [0, 0.05) is 25.7 Å². The highest BCUT2D eigenvalue weighted by Crippen LogP contribution is 2.29. The van der Waals surface area contributed by atoms with Gasteiger partial charge in [-0.25, -0.2) is 0 Å². The molecule has 0 aliphatic heterocycles. The predicted octanol–water partition coefficient (Wildman–Crippen LogP) is 2.38. The molecule has 0 unspecified atom stereocenters. The number of benzene rings is 1. The van der Waals surface area contributed by atoms with Gasteiger partial charge < -0.3 is 10.6 Å². The third-order valence-electron chi connectivity index (χ3n) is 2.34. The van der Waals surface area contributed by atoms with E-state index >= 15 is 0 Å². The fourth-order valence-electron chi connectivity index (χ4n) is 1.52. The molecule has 0 saturated heterocycles. The van der Waals surface area contributed by atoms with E-state index in [0.29, 0.717) is 10.8 Å². The molecule has 1 aromatic carbocycles. The van der Waals surface area contributed by atoms with Gasteiger partial charge in [-0.1, -0.05) is 17.7 Å². The zero-order valence-corrected chi connectivity index (χ0v) is 9.92. The number of H-pyrrole nitrogens is 1. The lowest BCUT2D eigenvalue weighted by molar-refractivity contribution is 1.10. The Labute approximate surface area is 99.0 Å². The van der Waals surface area contributed by atoms with Crippen molar-refractivity contribution in [1.29, 1.82) is 0 Å². The van der Waals surface area contributed by atoms with Gasteiger partial charge in [0.05, 0.1) is 16.4 Å². The van der Waals surface area contributed by atoms with Crippen LogP contribution >= 0.6 is 11.6 Å². The average Bonchev–Trinajstić information content (AvgIpc) is 2.64. The Balaban J connectivity index is 2.42. The quantitative estimate of drug-likeness (QED) is 0.842. The molecule has 0 fully saturated rings. The summed E-state index contributed by atoms with van der Waals surface area (Å²) < 4.78 is 0.